The third-order valence-corrected chi connectivity index (χ3v) is 3.54. The minimum atomic E-state index is 1.05. The topological polar surface area (TPSA) is 12.9 Å². The summed E-state index contributed by atoms with van der Waals surface area (Å²) < 4.78 is 0. The molecule has 1 heterocycles. The number of benzene rings is 2. The van der Waals surface area contributed by atoms with Crippen molar-refractivity contribution in [1.82, 2.24) is 4.98 Å². The Hall–Kier alpha value is -2.63. The van der Waals surface area contributed by atoms with E-state index in [1.54, 1.807) is 0 Å². The van der Waals surface area contributed by atoms with Gasteiger partial charge >= 0.3 is 0 Å². The average molecular weight is 241 g/mol. The van der Waals surface area contributed by atoms with E-state index in [0.717, 1.165) is 11.1 Å². The summed E-state index contributed by atoms with van der Waals surface area (Å²) >= 11 is 0. The smallest absolute Gasteiger partial charge is 0.0792 e. The van der Waals surface area contributed by atoms with Gasteiger partial charge in [0.15, 0.2) is 0 Å². The second kappa shape index (κ2) is 3.94. The van der Waals surface area contributed by atoms with Crippen LogP contribution in [0, 0.1) is 0 Å². The van der Waals surface area contributed by atoms with Crippen molar-refractivity contribution in [2.45, 2.75) is 0 Å². The molecule has 0 spiro atoms. The van der Waals surface area contributed by atoms with Gasteiger partial charge in [-0.05, 0) is 34.6 Å². The van der Waals surface area contributed by atoms with Gasteiger partial charge in [-0.15, -0.1) is 5.73 Å². The van der Waals surface area contributed by atoms with Crippen molar-refractivity contribution in [2.24, 2.45) is 0 Å². The maximum Gasteiger partial charge on any atom is 0.0792 e. The van der Waals surface area contributed by atoms with Crippen molar-refractivity contribution < 1.29 is 0 Å². The fourth-order valence-electron chi connectivity index (χ4n) is 2.72. The zero-order valence-corrected chi connectivity index (χ0v) is 10.3. The van der Waals surface area contributed by atoms with E-state index in [2.05, 4.69) is 47.1 Å². The molecule has 0 unspecified atom stereocenters. The van der Waals surface area contributed by atoms with Gasteiger partial charge in [0.2, 0.25) is 0 Å². The molecule has 1 heteroatoms. The number of allylic oxidation sites excluding steroid dienone is 2. The standard InChI is InChI=1S/C18H11N/c1-2-7-14-13-8-4-5-9-15(13)17-11-6-12-19-18(17)16(14)10-3-1/h1-2,4-12H. The van der Waals surface area contributed by atoms with Gasteiger partial charge in [-0.1, -0.05) is 42.5 Å². The Labute approximate surface area is 111 Å². The first-order valence-electron chi connectivity index (χ1n) is 6.34. The maximum absolute atomic E-state index is 4.57. The molecular formula is C18H11N. The predicted molar refractivity (Wildman–Crippen MR) is 80.8 cm³/mol. The van der Waals surface area contributed by atoms with Crippen molar-refractivity contribution in [3.63, 3.8) is 0 Å². The van der Waals surface area contributed by atoms with Crippen LogP contribution in [0.5, 0.6) is 0 Å². The molecule has 0 atom stereocenters. The van der Waals surface area contributed by atoms with E-state index >= 15 is 0 Å². The Kier molecular flexibility index (Phi) is 2.14. The number of rotatable bonds is 0. The lowest BCUT2D eigenvalue weighted by Gasteiger charge is -2.11. The average Bonchev–Trinajstić information content (AvgIpc) is 2.73. The molecule has 0 radical (unpaired) electrons. The first-order valence-corrected chi connectivity index (χ1v) is 6.34. The van der Waals surface area contributed by atoms with Crippen LogP contribution in [0.2, 0.25) is 0 Å². The van der Waals surface area contributed by atoms with Crippen LogP contribution < -0.4 is 0 Å². The number of aromatic nitrogens is 1. The van der Waals surface area contributed by atoms with Gasteiger partial charge in [0.25, 0.3) is 0 Å². The molecule has 0 N–H and O–H groups in total. The molecule has 4 rings (SSSR count). The highest BCUT2D eigenvalue weighted by molar-refractivity contribution is 6.13. The molecule has 1 aromatic heterocycles. The van der Waals surface area contributed by atoms with Gasteiger partial charge in [-0.25, -0.2) is 0 Å². The summed E-state index contributed by atoms with van der Waals surface area (Å²) in [6.45, 7) is 0. The summed E-state index contributed by atoms with van der Waals surface area (Å²) in [7, 11) is 0. The Balaban J connectivity index is 2.36. The summed E-state index contributed by atoms with van der Waals surface area (Å²) in [5.41, 5.74) is 6.61. The summed E-state index contributed by atoms with van der Waals surface area (Å²) in [6, 6.07) is 12.6. The van der Waals surface area contributed by atoms with Crippen LogP contribution in [-0.4, -0.2) is 4.98 Å². The second-order valence-corrected chi connectivity index (χ2v) is 4.61. The molecule has 0 saturated carbocycles. The molecule has 19 heavy (non-hydrogen) atoms. The van der Waals surface area contributed by atoms with Gasteiger partial charge in [0, 0.05) is 17.1 Å². The summed E-state index contributed by atoms with van der Waals surface area (Å²) in [5, 5.41) is 3.72. The van der Waals surface area contributed by atoms with E-state index in [4.69, 9.17) is 0 Å². The highest BCUT2D eigenvalue weighted by Crippen LogP contribution is 2.33. The summed E-state index contributed by atoms with van der Waals surface area (Å²) in [6.07, 6.45) is 9.98. The van der Waals surface area contributed by atoms with Crippen LogP contribution in [0.4, 0.5) is 0 Å². The van der Waals surface area contributed by atoms with Crippen molar-refractivity contribution >= 4 is 33.8 Å². The number of nitrogens with zero attached hydrogens (tertiary/aromatic N) is 1. The molecule has 1 aliphatic rings. The van der Waals surface area contributed by atoms with Gasteiger partial charge < -0.3 is 0 Å². The molecule has 0 amide bonds. The number of fused-ring (bicyclic) bond motifs is 6. The van der Waals surface area contributed by atoms with Crippen molar-refractivity contribution in [3.05, 3.63) is 71.6 Å². The third kappa shape index (κ3) is 1.46. The molecule has 0 fully saturated rings. The minimum absolute atomic E-state index is 1.05. The van der Waals surface area contributed by atoms with E-state index in [-0.39, 0.29) is 0 Å². The van der Waals surface area contributed by atoms with Crippen LogP contribution in [0.15, 0.2) is 60.5 Å². The quantitative estimate of drug-likeness (QED) is 0.414. The predicted octanol–water partition coefficient (Wildman–Crippen LogP) is 4.58. The van der Waals surface area contributed by atoms with Crippen LogP contribution in [0.3, 0.4) is 0 Å². The van der Waals surface area contributed by atoms with Gasteiger partial charge in [0.1, 0.15) is 0 Å². The van der Waals surface area contributed by atoms with Crippen molar-refractivity contribution in [2.75, 3.05) is 0 Å². The molecule has 1 nitrogen and oxygen atoms in total. The van der Waals surface area contributed by atoms with Crippen LogP contribution in [-0.2, 0) is 0 Å². The molecule has 3 aromatic rings. The SMILES string of the molecule is C1=CC=Cc2c(c3ncccc3c3ccccc23)C=1. The first-order chi connectivity index (χ1) is 9.45. The molecule has 1 aliphatic carbocycles. The van der Waals surface area contributed by atoms with Crippen molar-refractivity contribution in [1.29, 1.82) is 0 Å². The molecular weight excluding hydrogens is 230 g/mol. The van der Waals surface area contributed by atoms with Crippen LogP contribution in [0.1, 0.15) is 11.1 Å². The number of pyridine rings is 1. The van der Waals surface area contributed by atoms with Crippen molar-refractivity contribution in [3.8, 4) is 0 Å². The van der Waals surface area contributed by atoms with Crippen LogP contribution in [0.25, 0.3) is 33.8 Å². The largest absolute Gasteiger partial charge is 0.256 e. The van der Waals surface area contributed by atoms with Gasteiger partial charge in [0.05, 0.1) is 5.52 Å². The maximum atomic E-state index is 4.57. The lowest BCUT2D eigenvalue weighted by atomic mass is 9.94. The minimum Gasteiger partial charge on any atom is -0.256 e. The lowest BCUT2D eigenvalue weighted by Crippen LogP contribution is -1.90. The summed E-state index contributed by atoms with van der Waals surface area (Å²) in [4.78, 5) is 4.57. The molecule has 88 valence electrons. The third-order valence-electron chi connectivity index (χ3n) is 3.54. The second-order valence-electron chi connectivity index (χ2n) is 4.61. The zero-order chi connectivity index (χ0) is 12.7. The first kappa shape index (κ1) is 10.3. The lowest BCUT2D eigenvalue weighted by molar-refractivity contribution is 1.41. The summed E-state index contributed by atoms with van der Waals surface area (Å²) in [5.74, 6) is 0. The normalized spacial score (nSPS) is 12.8. The fraction of sp³-hybridized carbons (Fsp3) is 0. The molecule has 0 aliphatic heterocycles. The fourth-order valence-corrected chi connectivity index (χ4v) is 2.72. The molecule has 2 aromatic carbocycles. The highest BCUT2D eigenvalue weighted by Gasteiger charge is 2.11. The molecule has 0 saturated heterocycles. The Morgan fingerprint density at radius 1 is 0.842 bits per heavy atom. The van der Waals surface area contributed by atoms with Gasteiger partial charge in [-0.3, -0.25) is 4.98 Å². The van der Waals surface area contributed by atoms with E-state index < -0.39 is 0 Å². The Bertz CT molecular complexity index is 894. The van der Waals surface area contributed by atoms with E-state index in [0.29, 0.717) is 0 Å². The Morgan fingerprint density at radius 3 is 2.63 bits per heavy atom. The highest BCUT2D eigenvalue weighted by atomic mass is 14.6. The van der Waals surface area contributed by atoms with Crippen LogP contribution >= 0.6 is 0 Å². The van der Waals surface area contributed by atoms with E-state index in [9.17, 15) is 0 Å². The number of hydrogen-bond donors (Lipinski definition) is 0. The Morgan fingerprint density at radius 2 is 1.68 bits per heavy atom. The molecule has 0 bridgehead atoms. The monoisotopic (exact) mass is 241 g/mol. The van der Waals surface area contributed by atoms with E-state index in [1.807, 2.05) is 30.5 Å². The van der Waals surface area contributed by atoms with Gasteiger partial charge in [-0.2, -0.15) is 0 Å². The zero-order valence-electron chi connectivity index (χ0n) is 10.3. The number of hydrogen-bond acceptors (Lipinski definition) is 1. The van der Waals surface area contributed by atoms with E-state index in [1.165, 1.54) is 21.7 Å².